The second-order valence-corrected chi connectivity index (χ2v) is 6.07. The molecule has 2 bridgehead atoms. The summed E-state index contributed by atoms with van der Waals surface area (Å²) in [5.74, 6) is -2.91. The first kappa shape index (κ1) is 15.0. The lowest BCUT2D eigenvalue weighted by atomic mass is 9.85. The van der Waals surface area contributed by atoms with Crippen molar-refractivity contribution in [2.75, 3.05) is 13.2 Å². The Morgan fingerprint density at radius 1 is 1.04 bits per heavy atom. The Morgan fingerprint density at radius 2 is 1.58 bits per heavy atom. The van der Waals surface area contributed by atoms with Crippen LogP contribution in [0.4, 0.5) is 4.79 Å². The summed E-state index contributed by atoms with van der Waals surface area (Å²) in [5.41, 5.74) is 0. The molecule has 4 unspecified atom stereocenters. The lowest BCUT2D eigenvalue weighted by Crippen LogP contribution is -2.40. The smallest absolute Gasteiger partial charge is 0.423 e. The predicted molar refractivity (Wildman–Crippen MR) is 73.9 cm³/mol. The molecule has 24 heavy (non-hydrogen) atoms. The monoisotopic (exact) mass is 334 g/mol. The van der Waals surface area contributed by atoms with Gasteiger partial charge in [-0.2, -0.15) is 4.90 Å². The van der Waals surface area contributed by atoms with Crippen molar-refractivity contribution in [2.45, 2.75) is 25.0 Å². The van der Waals surface area contributed by atoms with Crippen LogP contribution in [0.2, 0.25) is 0 Å². The summed E-state index contributed by atoms with van der Waals surface area (Å²) in [6.45, 7) is -0.373. The summed E-state index contributed by atoms with van der Waals surface area (Å²) < 4.78 is 10.4. The van der Waals surface area contributed by atoms with E-state index in [0.29, 0.717) is 4.90 Å². The van der Waals surface area contributed by atoms with Crippen molar-refractivity contribution < 1.29 is 33.4 Å². The number of ether oxygens (including phenoxy) is 2. The van der Waals surface area contributed by atoms with Crippen LogP contribution in [-0.4, -0.2) is 64.9 Å². The number of carbonyl (C=O) groups excluding carboxylic acids is 5. The minimum atomic E-state index is -1.06. The molecule has 5 amide bonds. The third kappa shape index (κ3) is 2.01. The lowest BCUT2D eigenvalue weighted by molar-refractivity contribution is -0.144. The molecule has 4 atom stereocenters. The van der Waals surface area contributed by atoms with Gasteiger partial charge >= 0.3 is 6.09 Å². The van der Waals surface area contributed by atoms with E-state index >= 15 is 0 Å². The van der Waals surface area contributed by atoms with Crippen LogP contribution in [0, 0.1) is 11.8 Å². The normalized spacial score (nSPS) is 33.8. The first-order valence-corrected chi connectivity index (χ1v) is 7.70. The second-order valence-electron chi connectivity index (χ2n) is 6.07. The number of carbonyl (C=O) groups is 5. The molecule has 0 aromatic carbocycles. The van der Waals surface area contributed by atoms with Crippen molar-refractivity contribution in [2.24, 2.45) is 11.8 Å². The highest BCUT2D eigenvalue weighted by atomic mass is 16.6. The predicted octanol–water partition coefficient (Wildman–Crippen LogP) is -0.790. The zero-order chi connectivity index (χ0) is 17.0. The standard InChI is InChI=1S/C15H14N2O7/c18-9-3-4-10(19)17(9)15(22)23-6-5-16-13(20)11-7-1-2-8(24-7)12(11)14(16)21/h1-2,7-8,11-12H,3-6H2. The van der Waals surface area contributed by atoms with E-state index in [9.17, 15) is 24.0 Å². The molecule has 126 valence electrons. The highest BCUT2D eigenvalue weighted by Gasteiger charge is 2.60. The third-order valence-corrected chi connectivity index (χ3v) is 4.78. The van der Waals surface area contributed by atoms with E-state index in [-0.39, 0.29) is 50.0 Å². The maximum Gasteiger partial charge on any atom is 0.423 e. The van der Waals surface area contributed by atoms with Gasteiger partial charge in [0.15, 0.2) is 0 Å². The van der Waals surface area contributed by atoms with E-state index < -0.39 is 29.7 Å². The summed E-state index contributed by atoms with van der Waals surface area (Å²) in [6.07, 6.45) is 1.72. The summed E-state index contributed by atoms with van der Waals surface area (Å²) in [7, 11) is 0. The quantitative estimate of drug-likeness (QED) is 0.491. The Kier molecular flexibility index (Phi) is 3.27. The number of likely N-dealkylation sites (tertiary alicyclic amines) is 2. The van der Waals surface area contributed by atoms with Crippen LogP contribution in [0.5, 0.6) is 0 Å². The van der Waals surface area contributed by atoms with Crippen molar-refractivity contribution in [3.63, 3.8) is 0 Å². The molecule has 0 radical (unpaired) electrons. The van der Waals surface area contributed by atoms with Crippen molar-refractivity contribution in [3.8, 4) is 0 Å². The molecule has 0 aromatic rings. The van der Waals surface area contributed by atoms with E-state index in [1.165, 1.54) is 0 Å². The van der Waals surface area contributed by atoms with E-state index in [2.05, 4.69) is 0 Å². The van der Waals surface area contributed by atoms with Crippen molar-refractivity contribution in [1.29, 1.82) is 0 Å². The van der Waals surface area contributed by atoms with Crippen LogP contribution in [0.1, 0.15) is 12.8 Å². The molecule has 0 aliphatic carbocycles. The zero-order valence-corrected chi connectivity index (χ0v) is 12.5. The van der Waals surface area contributed by atoms with Crippen LogP contribution < -0.4 is 0 Å². The maximum atomic E-state index is 12.4. The second kappa shape index (κ2) is 5.23. The van der Waals surface area contributed by atoms with Gasteiger partial charge in [-0.1, -0.05) is 12.2 Å². The Balaban J connectivity index is 1.35. The minimum absolute atomic E-state index is 0.0177. The van der Waals surface area contributed by atoms with Crippen LogP contribution in [0.3, 0.4) is 0 Å². The molecule has 4 heterocycles. The van der Waals surface area contributed by atoms with Gasteiger partial charge in [-0.3, -0.25) is 24.1 Å². The zero-order valence-electron chi connectivity index (χ0n) is 12.5. The molecule has 0 spiro atoms. The van der Waals surface area contributed by atoms with Gasteiger partial charge in [0.1, 0.15) is 6.61 Å². The number of hydrogen-bond donors (Lipinski definition) is 0. The fraction of sp³-hybridized carbons (Fsp3) is 0.533. The van der Waals surface area contributed by atoms with Gasteiger partial charge in [-0.05, 0) is 0 Å². The number of rotatable bonds is 3. The molecule has 4 rings (SSSR count). The Hall–Kier alpha value is -2.55. The van der Waals surface area contributed by atoms with Gasteiger partial charge < -0.3 is 9.47 Å². The summed E-state index contributed by atoms with van der Waals surface area (Å²) in [6, 6.07) is 0. The molecule has 0 aromatic heterocycles. The van der Waals surface area contributed by atoms with Crippen LogP contribution in [-0.2, 0) is 28.7 Å². The van der Waals surface area contributed by atoms with Crippen molar-refractivity contribution >= 4 is 29.7 Å². The molecule has 4 aliphatic heterocycles. The molecule has 0 N–H and O–H groups in total. The van der Waals surface area contributed by atoms with Gasteiger partial charge in [0.05, 0.1) is 30.6 Å². The molecule has 9 nitrogen and oxygen atoms in total. The van der Waals surface area contributed by atoms with Crippen LogP contribution in [0.15, 0.2) is 12.2 Å². The Labute approximate surface area is 136 Å². The highest BCUT2D eigenvalue weighted by Crippen LogP contribution is 2.44. The molecule has 4 aliphatic rings. The molecule has 0 saturated carbocycles. The Bertz CT molecular complexity index is 654. The molecular formula is C15H14N2O7. The number of fused-ring (bicyclic) bond motifs is 5. The summed E-state index contributed by atoms with van der Waals surface area (Å²) in [5, 5.41) is 0. The Morgan fingerprint density at radius 3 is 2.12 bits per heavy atom. The van der Waals surface area contributed by atoms with Crippen molar-refractivity contribution in [1.82, 2.24) is 9.80 Å². The van der Waals surface area contributed by atoms with Crippen LogP contribution >= 0.6 is 0 Å². The topological polar surface area (TPSA) is 110 Å². The fourth-order valence-electron chi connectivity index (χ4n) is 3.65. The highest BCUT2D eigenvalue weighted by molar-refractivity contribution is 6.13. The average molecular weight is 334 g/mol. The third-order valence-electron chi connectivity index (χ3n) is 4.78. The van der Waals surface area contributed by atoms with E-state index in [1.807, 2.05) is 0 Å². The number of amides is 5. The van der Waals surface area contributed by atoms with Gasteiger partial charge in [0.2, 0.25) is 23.6 Å². The van der Waals surface area contributed by atoms with Crippen molar-refractivity contribution in [3.05, 3.63) is 12.2 Å². The van der Waals surface area contributed by atoms with Gasteiger partial charge in [-0.15, -0.1) is 0 Å². The van der Waals surface area contributed by atoms with Crippen LogP contribution in [0.25, 0.3) is 0 Å². The average Bonchev–Trinajstić information content (AvgIpc) is 3.28. The largest absolute Gasteiger partial charge is 0.447 e. The fourth-order valence-corrected chi connectivity index (χ4v) is 3.65. The molecule has 3 saturated heterocycles. The number of imide groups is 4. The van der Waals surface area contributed by atoms with Gasteiger partial charge in [0, 0.05) is 12.8 Å². The number of hydrogen-bond acceptors (Lipinski definition) is 7. The minimum Gasteiger partial charge on any atom is -0.447 e. The maximum absolute atomic E-state index is 12.4. The first-order valence-electron chi connectivity index (χ1n) is 7.70. The lowest BCUT2D eigenvalue weighted by Gasteiger charge is -2.18. The molecule has 9 heteroatoms. The van der Waals surface area contributed by atoms with Gasteiger partial charge in [-0.25, -0.2) is 4.79 Å². The van der Waals surface area contributed by atoms with E-state index in [4.69, 9.17) is 9.47 Å². The first-order chi connectivity index (χ1) is 11.5. The molecular weight excluding hydrogens is 320 g/mol. The SMILES string of the molecule is O=C1C2C3C=CC(O3)C2C(=O)N1CCOC(=O)N1C(=O)CCC1=O. The van der Waals surface area contributed by atoms with E-state index in [1.54, 1.807) is 12.2 Å². The van der Waals surface area contributed by atoms with E-state index in [0.717, 1.165) is 4.90 Å². The molecule has 3 fully saturated rings. The summed E-state index contributed by atoms with van der Waals surface area (Å²) >= 11 is 0. The van der Waals surface area contributed by atoms with Gasteiger partial charge in [0.25, 0.3) is 0 Å². The number of nitrogens with zero attached hydrogens (tertiary/aromatic N) is 2. The summed E-state index contributed by atoms with van der Waals surface area (Å²) in [4.78, 5) is 60.8.